The van der Waals surface area contributed by atoms with Gasteiger partial charge in [-0.2, -0.15) is 0 Å². The molecule has 1 unspecified atom stereocenters. The molecule has 0 amide bonds. The number of oxazole rings is 1. The molecule has 0 radical (unpaired) electrons. The second-order valence-electron chi connectivity index (χ2n) is 6.76. The highest BCUT2D eigenvalue weighted by atomic mass is 32.2. The van der Waals surface area contributed by atoms with Crippen molar-refractivity contribution in [3.8, 4) is 11.5 Å². The van der Waals surface area contributed by atoms with E-state index < -0.39 is 9.84 Å². The fraction of sp³-hybridized carbons (Fsp3) is 0.474. The lowest BCUT2D eigenvalue weighted by atomic mass is 10.1. The van der Waals surface area contributed by atoms with Crippen LogP contribution in [-0.4, -0.2) is 50.0 Å². The average Bonchev–Trinajstić information content (AvgIpc) is 3.22. The van der Waals surface area contributed by atoms with Crippen molar-refractivity contribution in [2.75, 3.05) is 24.6 Å². The Hall–Kier alpha value is -2.35. The molecule has 2 heterocycles. The van der Waals surface area contributed by atoms with Crippen molar-refractivity contribution in [3.63, 3.8) is 0 Å². The Morgan fingerprint density at radius 1 is 1.33 bits per heavy atom. The summed E-state index contributed by atoms with van der Waals surface area (Å²) in [5, 5.41) is 6.37. The molecule has 3 rings (SSSR count). The molecule has 0 saturated carbocycles. The van der Waals surface area contributed by atoms with Gasteiger partial charge in [0.2, 0.25) is 5.89 Å². The van der Waals surface area contributed by atoms with E-state index in [2.05, 4.69) is 20.6 Å². The molecule has 1 aromatic heterocycles. The zero-order valence-corrected chi connectivity index (χ0v) is 16.6. The van der Waals surface area contributed by atoms with Crippen LogP contribution >= 0.6 is 0 Å². The number of rotatable bonds is 6. The van der Waals surface area contributed by atoms with Crippen molar-refractivity contribution in [2.24, 2.45) is 4.99 Å². The first-order valence-corrected chi connectivity index (χ1v) is 11.0. The molecule has 0 bridgehead atoms. The fourth-order valence-electron chi connectivity index (χ4n) is 2.95. The first-order valence-electron chi connectivity index (χ1n) is 9.22. The van der Waals surface area contributed by atoms with Crippen molar-refractivity contribution < 1.29 is 12.8 Å². The van der Waals surface area contributed by atoms with Crippen LogP contribution in [0.25, 0.3) is 11.5 Å². The van der Waals surface area contributed by atoms with Crippen LogP contribution in [-0.2, 0) is 16.3 Å². The molecule has 2 aromatic rings. The Bertz CT molecular complexity index is 888. The van der Waals surface area contributed by atoms with Gasteiger partial charge >= 0.3 is 0 Å². The Kier molecular flexibility index (Phi) is 6.15. The molecule has 1 saturated heterocycles. The number of nitrogens with zero attached hydrogens (tertiary/aromatic N) is 2. The summed E-state index contributed by atoms with van der Waals surface area (Å²) in [6.07, 6.45) is 2.93. The van der Waals surface area contributed by atoms with E-state index in [1.807, 2.05) is 38.1 Å². The van der Waals surface area contributed by atoms with Crippen LogP contribution in [0, 0.1) is 6.92 Å². The van der Waals surface area contributed by atoms with Crippen LogP contribution in [0.5, 0.6) is 0 Å². The minimum absolute atomic E-state index is 0.0759. The molecule has 27 heavy (non-hydrogen) atoms. The molecule has 1 aliphatic rings. The van der Waals surface area contributed by atoms with Gasteiger partial charge in [-0.3, -0.25) is 4.99 Å². The van der Waals surface area contributed by atoms with Gasteiger partial charge in [0, 0.05) is 31.1 Å². The van der Waals surface area contributed by atoms with Gasteiger partial charge in [0.05, 0.1) is 17.2 Å². The van der Waals surface area contributed by atoms with Gasteiger partial charge in [0.15, 0.2) is 15.8 Å². The standard InChI is InChI=1S/C19H26N4O3S/c1-3-20-19(23-17-9-11-27(24,25)13-17)21-10-8-16-12-26-18(22-16)15-6-4-14(2)5-7-15/h4-7,12,17H,3,8-11,13H2,1-2H3,(H2,20,21,23). The van der Waals surface area contributed by atoms with E-state index in [0.29, 0.717) is 37.8 Å². The highest BCUT2D eigenvalue weighted by molar-refractivity contribution is 7.91. The van der Waals surface area contributed by atoms with Gasteiger partial charge in [0.1, 0.15) is 6.26 Å². The largest absolute Gasteiger partial charge is 0.444 e. The maximum Gasteiger partial charge on any atom is 0.226 e. The molecule has 1 fully saturated rings. The lowest BCUT2D eigenvalue weighted by Crippen LogP contribution is -2.44. The summed E-state index contributed by atoms with van der Waals surface area (Å²) in [5.41, 5.74) is 2.99. The molecule has 8 heteroatoms. The summed E-state index contributed by atoms with van der Waals surface area (Å²) in [7, 11) is -2.91. The third kappa shape index (κ3) is 5.56. The van der Waals surface area contributed by atoms with Crippen LogP contribution in [0.4, 0.5) is 0 Å². The first-order chi connectivity index (χ1) is 12.9. The van der Waals surface area contributed by atoms with E-state index >= 15 is 0 Å². The summed E-state index contributed by atoms with van der Waals surface area (Å²) >= 11 is 0. The average molecular weight is 391 g/mol. The minimum Gasteiger partial charge on any atom is -0.444 e. The summed E-state index contributed by atoms with van der Waals surface area (Å²) in [6, 6.07) is 7.97. The minimum atomic E-state index is -2.91. The number of aryl methyl sites for hydroxylation is 1. The zero-order chi connectivity index (χ0) is 19.3. The molecule has 0 spiro atoms. The van der Waals surface area contributed by atoms with Gasteiger partial charge in [-0.1, -0.05) is 17.7 Å². The Morgan fingerprint density at radius 3 is 2.78 bits per heavy atom. The van der Waals surface area contributed by atoms with Gasteiger partial charge < -0.3 is 15.1 Å². The molecule has 2 N–H and O–H groups in total. The van der Waals surface area contributed by atoms with E-state index in [1.54, 1.807) is 6.26 Å². The highest BCUT2D eigenvalue weighted by Gasteiger charge is 2.28. The summed E-state index contributed by atoms with van der Waals surface area (Å²) in [6.45, 7) is 5.27. The number of benzene rings is 1. The zero-order valence-electron chi connectivity index (χ0n) is 15.7. The van der Waals surface area contributed by atoms with E-state index in [-0.39, 0.29) is 17.5 Å². The third-order valence-corrected chi connectivity index (χ3v) is 6.17. The van der Waals surface area contributed by atoms with Crippen molar-refractivity contribution in [1.29, 1.82) is 0 Å². The SMILES string of the molecule is CCNC(=NCCc1coc(-c2ccc(C)cc2)n1)NC1CCS(=O)(=O)C1. The summed E-state index contributed by atoms with van der Waals surface area (Å²) in [4.78, 5) is 9.05. The van der Waals surface area contributed by atoms with Crippen molar-refractivity contribution >= 4 is 15.8 Å². The van der Waals surface area contributed by atoms with Gasteiger partial charge in [-0.15, -0.1) is 0 Å². The lowest BCUT2D eigenvalue weighted by Gasteiger charge is -2.15. The maximum absolute atomic E-state index is 11.6. The number of hydrogen-bond acceptors (Lipinski definition) is 5. The monoisotopic (exact) mass is 390 g/mol. The molecule has 1 aliphatic heterocycles. The van der Waals surface area contributed by atoms with E-state index in [4.69, 9.17) is 4.42 Å². The van der Waals surface area contributed by atoms with Crippen LogP contribution in [0.2, 0.25) is 0 Å². The molecule has 1 atom stereocenters. The number of guanidine groups is 1. The number of sulfone groups is 1. The van der Waals surface area contributed by atoms with Crippen molar-refractivity contribution in [1.82, 2.24) is 15.6 Å². The number of hydrogen-bond donors (Lipinski definition) is 2. The topological polar surface area (TPSA) is 96.6 Å². The Balaban J connectivity index is 1.57. The molecule has 0 aliphatic carbocycles. The highest BCUT2D eigenvalue weighted by Crippen LogP contribution is 2.19. The number of nitrogens with one attached hydrogen (secondary N) is 2. The van der Waals surface area contributed by atoms with Crippen molar-refractivity contribution in [3.05, 3.63) is 41.8 Å². The van der Waals surface area contributed by atoms with Crippen LogP contribution in [0.1, 0.15) is 24.6 Å². The van der Waals surface area contributed by atoms with Crippen LogP contribution in [0.3, 0.4) is 0 Å². The second kappa shape index (κ2) is 8.56. The second-order valence-corrected chi connectivity index (χ2v) is 8.99. The summed E-state index contributed by atoms with van der Waals surface area (Å²) < 4.78 is 28.8. The van der Waals surface area contributed by atoms with Gasteiger partial charge in [-0.05, 0) is 32.4 Å². The molecule has 7 nitrogen and oxygen atoms in total. The number of aromatic nitrogens is 1. The van der Waals surface area contributed by atoms with Crippen LogP contribution < -0.4 is 10.6 Å². The quantitative estimate of drug-likeness (QED) is 0.578. The fourth-order valence-corrected chi connectivity index (χ4v) is 4.63. The molecule has 1 aromatic carbocycles. The molecular formula is C19H26N4O3S. The molecular weight excluding hydrogens is 364 g/mol. The Morgan fingerprint density at radius 2 is 2.11 bits per heavy atom. The maximum atomic E-state index is 11.6. The van der Waals surface area contributed by atoms with E-state index in [1.165, 1.54) is 5.56 Å². The van der Waals surface area contributed by atoms with E-state index in [9.17, 15) is 8.42 Å². The van der Waals surface area contributed by atoms with Gasteiger partial charge in [0.25, 0.3) is 0 Å². The van der Waals surface area contributed by atoms with Crippen molar-refractivity contribution in [2.45, 2.75) is 32.7 Å². The first kappa shape index (κ1) is 19.4. The normalized spacial score (nSPS) is 19.2. The molecule has 146 valence electrons. The predicted octanol–water partition coefficient (Wildman–Crippen LogP) is 1.93. The smallest absolute Gasteiger partial charge is 0.226 e. The van der Waals surface area contributed by atoms with E-state index in [0.717, 1.165) is 11.3 Å². The Labute approximate surface area is 160 Å². The number of aliphatic imine (C=N–C) groups is 1. The summed E-state index contributed by atoms with van der Waals surface area (Å²) in [5.74, 6) is 1.66. The lowest BCUT2D eigenvalue weighted by molar-refractivity contribution is 0.572. The third-order valence-electron chi connectivity index (χ3n) is 4.41. The van der Waals surface area contributed by atoms with Gasteiger partial charge in [-0.25, -0.2) is 13.4 Å². The van der Waals surface area contributed by atoms with Crippen LogP contribution in [0.15, 0.2) is 39.9 Å². The predicted molar refractivity (Wildman–Crippen MR) is 107 cm³/mol.